The van der Waals surface area contributed by atoms with E-state index in [1.807, 2.05) is 0 Å². The molecule has 1 nitrogen and oxygen atoms in total. The van der Waals surface area contributed by atoms with E-state index in [1.54, 1.807) is 0 Å². The Kier molecular flexibility index (Phi) is 5.03. The lowest BCUT2D eigenvalue weighted by Gasteiger charge is -2.21. The summed E-state index contributed by atoms with van der Waals surface area (Å²) in [7, 11) is -1.15. The van der Waals surface area contributed by atoms with Crippen LogP contribution >= 0.6 is 0 Å². The summed E-state index contributed by atoms with van der Waals surface area (Å²) < 4.78 is 6.08. The summed E-state index contributed by atoms with van der Waals surface area (Å²) in [5.74, 6) is 0. The molecule has 0 aromatic heterocycles. The van der Waals surface area contributed by atoms with E-state index >= 15 is 0 Å². The van der Waals surface area contributed by atoms with Crippen molar-refractivity contribution in [2.24, 2.45) is 0 Å². The molecule has 0 amide bonds. The first kappa shape index (κ1) is 11.3. The van der Waals surface area contributed by atoms with Crippen LogP contribution in [-0.4, -0.2) is 14.9 Å². The topological polar surface area (TPSA) is 9.23 Å². The molecule has 1 aliphatic heterocycles. The molecule has 1 heterocycles. The minimum absolute atomic E-state index is 1.04. The van der Waals surface area contributed by atoms with E-state index in [4.69, 9.17) is 4.43 Å². The van der Waals surface area contributed by atoms with Gasteiger partial charge in [-0.1, -0.05) is 39.0 Å². The number of hydrogen-bond acceptors (Lipinski definition) is 1. The average Bonchev–Trinajstić information content (AvgIpc) is 2.53. The number of unbranched alkanes of at least 4 members (excludes halogenated alkanes) is 3. The molecule has 78 valence electrons. The summed E-state index contributed by atoms with van der Waals surface area (Å²) in [4.78, 5) is 0. The first-order chi connectivity index (χ1) is 6.27. The lowest BCUT2D eigenvalue weighted by Crippen LogP contribution is -2.30. The highest BCUT2D eigenvalue weighted by atomic mass is 28.4. The summed E-state index contributed by atoms with van der Waals surface area (Å²) >= 11 is 0. The number of rotatable bonds is 6. The first-order valence-electron chi connectivity index (χ1n) is 5.91. The van der Waals surface area contributed by atoms with Crippen molar-refractivity contribution in [1.29, 1.82) is 0 Å². The van der Waals surface area contributed by atoms with Gasteiger partial charge in [0, 0.05) is 6.61 Å². The lowest BCUT2D eigenvalue weighted by molar-refractivity contribution is 0.294. The first-order valence-corrected chi connectivity index (χ1v) is 8.73. The summed E-state index contributed by atoms with van der Waals surface area (Å²) in [5.41, 5.74) is 0. The van der Waals surface area contributed by atoms with Crippen LogP contribution in [0.3, 0.4) is 0 Å². The van der Waals surface area contributed by atoms with Crippen molar-refractivity contribution >= 4 is 8.32 Å². The van der Waals surface area contributed by atoms with Crippen molar-refractivity contribution in [2.45, 2.75) is 64.1 Å². The van der Waals surface area contributed by atoms with Crippen LogP contribution in [0.25, 0.3) is 0 Å². The predicted molar refractivity (Wildman–Crippen MR) is 60.6 cm³/mol. The fourth-order valence-corrected chi connectivity index (χ4v) is 5.29. The largest absolute Gasteiger partial charge is 0.417 e. The third kappa shape index (κ3) is 4.27. The normalized spacial score (nSPS) is 20.8. The van der Waals surface area contributed by atoms with Gasteiger partial charge >= 0.3 is 0 Å². The van der Waals surface area contributed by atoms with Gasteiger partial charge in [-0.3, -0.25) is 0 Å². The van der Waals surface area contributed by atoms with Crippen LogP contribution in [0.4, 0.5) is 0 Å². The molecular formula is C11H24OSi. The van der Waals surface area contributed by atoms with Crippen LogP contribution in [-0.2, 0) is 4.43 Å². The second-order valence-electron chi connectivity index (χ2n) is 4.57. The monoisotopic (exact) mass is 200 g/mol. The highest BCUT2D eigenvalue weighted by Crippen LogP contribution is 2.30. The molecule has 0 unspecified atom stereocenters. The fourth-order valence-electron chi connectivity index (χ4n) is 2.11. The lowest BCUT2D eigenvalue weighted by atomic mass is 10.2. The maximum Gasteiger partial charge on any atom is 0.189 e. The maximum atomic E-state index is 6.08. The quantitative estimate of drug-likeness (QED) is 0.466. The van der Waals surface area contributed by atoms with Crippen LogP contribution in [0, 0.1) is 0 Å². The van der Waals surface area contributed by atoms with Gasteiger partial charge in [0.15, 0.2) is 8.32 Å². The highest BCUT2D eigenvalue weighted by Gasteiger charge is 2.32. The molecule has 1 fully saturated rings. The Bertz CT molecular complexity index is 130. The molecule has 2 heteroatoms. The Hall–Kier alpha value is 0.177. The van der Waals surface area contributed by atoms with Crippen LogP contribution in [0.1, 0.15) is 45.4 Å². The highest BCUT2D eigenvalue weighted by molar-refractivity contribution is 6.73. The molecular weight excluding hydrogens is 176 g/mol. The summed E-state index contributed by atoms with van der Waals surface area (Å²) in [6, 6.07) is 2.83. The van der Waals surface area contributed by atoms with E-state index in [0.717, 1.165) is 6.61 Å². The molecule has 1 saturated heterocycles. The maximum absolute atomic E-state index is 6.08. The Labute approximate surface area is 84.0 Å². The summed E-state index contributed by atoms with van der Waals surface area (Å²) in [5, 5.41) is 0. The van der Waals surface area contributed by atoms with E-state index in [9.17, 15) is 0 Å². The molecule has 1 aliphatic rings. The zero-order valence-corrected chi connectivity index (χ0v) is 10.3. The second-order valence-corrected chi connectivity index (χ2v) is 8.75. The SMILES string of the molecule is CCCCCCO[Si]1(C)CCCC1. The molecule has 0 aromatic carbocycles. The Morgan fingerprint density at radius 1 is 1.08 bits per heavy atom. The van der Waals surface area contributed by atoms with Crippen molar-refractivity contribution in [2.75, 3.05) is 6.61 Å². The average molecular weight is 200 g/mol. The molecule has 0 saturated carbocycles. The van der Waals surface area contributed by atoms with Crippen LogP contribution in [0.15, 0.2) is 0 Å². The predicted octanol–water partition coefficient (Wildman–Crippen LogP) is 3.95. The second kappa shape index (κ2) is 5.81. The van der Waals surface area contributed by atoms with Gasteiger partial charge in [0.1, 0.15) is 0 Å². The fraction of sp³-hybridized carbons (Fsp3) is 1.00. The zero-order valence-electron chi connectivity index (χ0n) is 9.27. The van der Waals surface area contributed by atoms with Crippen LogP contribution in [0.2, 0.25) is 18.6 Å². The molecule has 1 rings (SSSR count). The van der Waals surface area contributed by atoms with Crippen LogP contribution in [0.5, 0.6) is 0 Å². The third-order valence-corrected chi connectivity index (χ3v) is 6.83. The Balaban J connectivity index is 1.98. The molecule has 13 heavy (non-hydrogen) atoms. The molecule has 0 bridgehead atoms. The standard InChI is InChI=1S/C11H24OSi/c1-3-4-5-6-9-12-13(2)10-7-8-11-13/h3-11H2,1-2H3. The molecule has 0 aromatic rings. The molecule has 0 spiro atoms. The van der Waals surface area contributed by atoms with Gasteiger partial charge < -0.3 is 4.43 Å². The van der Waals surface area contributed by atoms with Crippen molar-refractivity contribution < 1.29 is 4.43 Å². The van der Waals surface area contributed by atoms with E-state index in [1.165, 1.54) is 50.6 Å². The van der Waals surface area contributed by atoms with Gasteiger partial charge in [0.25, 0.3) is 0 Å². The van der Waals surface area contributed by atoms with Gasteiger partial charge in [-0.2, -0.15) is 0 Å². The zero-order chi connectivity index (χ0) is 9.57. The van der Waals surface area contributed by atoms with E-state index in [2.05, 4.69) is 13.5 Å². The smallest absolute Gasteiger partial charge is 0.189 e. The van der Waals surface area contributed by atoms with Crippen molar-refractivity contribution in [3.8, 4) is 0 Å². The Morgan fingerprint density at radius 3 is 2.38 bits per heavy atom. The van der Waals surface area contributed by atoms with Gasteiger partial charge in [0.05, 0.1) is 0 Å². The summed E-state index contributed by atoms with van der Waals surface area (Å²) in [6.07, 6.45) is 8.21. The van der Waals surface area contributed by atoms with Gasteiger partial charge in [0.2, 0.25) is 0 Å². The van der Waals surface area contributed by atoms with E-state index in [0.29, 0.717) is 0 Å². The van der Waals surface area contributed by atoms with E-state index < -0.39 is 8.32 Å². The van der Waals surface area contributed by atoms with Crippen molar-refractivity contribution in [1.82, 2.24) is 0 Å². The van der Waals surface area contributed by atoms with Crippen molar-refractivity contribution in [3.63, 3.8) is 0 Å². The molecule has 0 aliphatic carbocycles. The van der Waals surface area contributed by atoms with Gasteiger partial charge in [-0.25, -0.2) is 0 Å². The van der Waals surface area contributed by atoms with E-state index in [-0.39, 0.29) is 0 Å². The van der Waals surface area contributed by atoms with Crippen molar-refractivity contribution in [3.05, 3.63) is 0 Å². The van der Waals surface area contributed by atoms with Crippen LogP contribution < -0.4 is 0 Å². The van der Waals surface area contributed by atoms with Gasteiger partial charge in [-0.05, 0) is 25.1 Å². The van der Waals surface area contributed by atoms with Gasteiger partial charge in [-0.15, -0.1) is 0 Å². The third-order valence-electron chi connectivity index (χ3n) is 3.11. The number of hydrogen-bond donors (Lipinski definition) is 0. The molecule has 0 radical (unpaired) electrons. The molecule has 0 N–H and O–H groups in total. The summed E-state index contributed by atoms with van der Waals surface area (Å²) in [6.45, 7) is 5.72. The minimum atomic E-state index is -1.15. The molecule has 0 atom stereocenters. The Morgan fingerprint density at radius 2 is 1.77 bits per heavy atom. The minimum Gasteiger partial charge on any atom is -0.417 e.